The van der Waals surface area contributed by atoms with Gasteiger partial charge in [-0.25, -0.2) is 4.57 Å². The molecule has 3 heterocycles. The number of pyridine rings is 1. The van der Waals surface area contributed by atoms with E-state index in [-0.39, 0.29) is 5.54 Å². The van der Waals surface area contributed by atoms with E-state index >= 15 is 0 Å². The fourth-order valence-corrected chi connectivity index (χ4v) is 6.95. The maximum atomic E-state index is 10.5. The number of hydrogen-bond donors (Lipinski definition) is 0. The van der Waals surface area contributed by atoms with Crippen LogP contribution in [0.3, 0.4) is 0 Å². The van der Waals surface area contributed by atoms with E-state index in [0.29, 0.717) is 0 Å². The fourth-order valence-electron chi connectivity index (χ4n) is 6.95. The van der Waals surface area contributed by atoms with E-state index in [1.54, 1.807) is 0 Å². The molecule has 0 aliphatic carbocycles. The van der Waals surface area contributed by atoms with Crippen molar-refractivity contribution in [1.82, 2.24) is 4.40 Å². The molecule has 0 saturated heterocycles. The summed E-state index contributed by atoms with van der Waals surface area (Å²) < 4.78 is 5.15. The van der Waals surface area contributed by atoms with Crippen molar-refractivity contribution in [3.05, 3.63) is 108 Å². The first-order valence-corrected chi connectivity index (χ1v) is 13.7. The van der Waals surface area contributed by atoms with Crippen molar-refractivity contribution < 1.29 is 4.57 Å². The van der Waals surface area contributed by atoms with E-state index in [4.69, 9.17) is 0 Å². The number of hydrogen-bond acceptors (Lipinski definition) is 1. The van der Waals surface area contributed by atoms with E-state index in [0.717, 1.165) is 59.0 Å². The van der Waals surface area contributed by atoms with Crippen LogP contribution in [0.25, 0.3) is 49.8 Å². The molecule has 0 amide bonds. The standard InChI is InChI=1S/C35H30N3/c1-3-35(4-2)22-21-25-19-20-27(23-36)30-31(24-13-7-5-8-14-24)33(26-15-9-6-10-16-26)37-28-17-11-12-18-29(28)38(35)34(37)32(25)30/h5-20H,3-4,21-22H2,1-2H3/q+1. The zero-order valence-corrected chi connectivity index (χ0v) is 21.9. The molecule has 0 saturated carbocycles. The summed E-state index contributed by atoms with van der Waals surface area (Å²) in [5.41, 5.74) is 10.3. The summed E-state index contributed by atoms with van der Waals surface area (Å²) in [5.74, 6) is 0. The Morgan fingerprint density at radius 2 is 1.45 bits per heavy atom. The zero-order chi connectivity index (χ0) is 25.9. The Hall–Kier alpha value is -4.42. The van der Waals surface area contributed by atoms with Crippen LogP contribution >= 0.6 is 0 Å². The van der Waals surface area contributed by atoms with Gasteiger partial charge in [0.1, 0.15) is 11.2 Å². The van der Waals surface area contributed by atoms with Crippen LogP contribution in [0.2, 0.25) is 0 Å². The van der Waals surface area contributed by atoms with Gasteiger partial charge in [0, 0.05) is 16.5 Å². The third-order valence-corrected chi connectivity index (χ3v) is 8.89. The lowest BCUT2D eigenvalue weighted by molar-refractivity contribution is -0.721. The summed E-state index contributed by atoms with van der Waals surface area (Å²) in [7, 11) is 0. The van der Waals surface area contributed by atoms with Crippen molar-refractivity contribution in [3.8, 4) is 28.5 Å². The summed E-state index contributed by atoms with van der Waals surface area (Å²) in [6, 6.07) is 37.0. The van der Waals surface area contributed by atoms with Crippen LogP contribution in [0.5, 0.6) is 0 Å². The van der Waals surface area contributed by atoms with Gasteiger partial charge in [-0.15, -0.1) is 0 Å². The molecule has 0 unspecified atom stereocenters. The second-order valence-corrected chi connectivity index (χ2v) is 10.5. The second-order valence-electron chi connectivity index (χ2n) is 10.5. The van der Waals surface area contributed by atoms with Crippen molar-refractivity contribution >= 4 is 27.5 Å². The van der Waals surface area contributed by atoms with Gasteiger partial charge in [0.25, 0.3) is 5.65 Å². The highest BCUT2D eigenvalue weighted by Gasteiger charge is 2.43. The van der Waals surface area contributed by atoms with Gasteiger partial charge in [0.2, 0.25) is 0 Å². The van der Waals surface area contributed by atoms with Crippen LogP contribution in [-0.4, -0.2) is 4.40 Å². The molecule has 1 aliphatic heterocycles. The highest BCUT2D eigenvalue weighted by atomic mass is 15.2. The highest BCUT2D eigenvalue weighted by molar-refractivity contribution is 6.13. The summed E-state index contributed by atoms with van der Waals surface area (Å²) in [6.07, 6.45) is 4.18. The highest BCUT2D eigenvalue weighted by Crippen LogP contribution is 2.46. The monoisotopic (exact) mass is 492 g/mol. The number of imidazole rings is 1. The van der Waals surface area contributed by atoms with Crippen molar-refractivity contribution in [2.45, 2.75) is 45.1 Å². The van der Waals surface area contributed by atoms with Crippen LogP contribution in [0.4, 0.5) is 0 Å². The van der Waals surface area contributed by atoms with Gasteiger partial charge in [0.15, 0.2) is 11.0 Å². The lowest BCUT2D eigenvalue weighted by atomic mass is 9.85. The quantitative estimate of drug-likeness (QED) is 0.228. The van der Waals surface area contributed by atoms with Crippen molar-refractivity contribution in [1.29, 1.82) is 5.26 Å². The van der Waals surface area contributed by atoms with E-state index in [1.807, 2.05) is 6.07 Å². The molecule has 2 aromatic heterocycles. The lowest BCUT2D eigenvalue weighted by Crippen LogP contribution is -2.55. The summed E-state index contributed by atoms with van der Waals surface area (Å²) in [5, 5.41) is 12.8. The van der Waals surface area contributed by atoms with E-state index < -0.39 is 0 Å². The molecule has 38 heavy (non-hydrogen) atoms. The third kappa shape index (κ3) is 2.98. The Morgan fingerprint density at radius 1 is 0.789 bits per heavy atom. The molecule has 0 radical (unpaired) electrons. The van der Waals surface area contributed by atoms with Crippen LogP contribution in [0.1, 0.15) is 44.2 Å². The number of para-hydroxylation sites is 2. The van der Waals surface area contributed by atoms with Crippen LogP contribution in [0, 0.1) is 11.3 Å². The maximum Gasteiger partial charge on any atom is 0.296 e. The summed E-state index contributed by atoms with van der Waals surface area (Å²) in [4.78, 5) is 0. The minimum absolute atomic E-state index is 0.00463. The van der Waals surface area contributed by atoms with Gasteiger partial charge >= 0.3 is 0 Å². The Bertz CT molecular complexity index is 1890. The van der Waals surface area contributed by atoms with E-state index in [9.17, 15) is 5.26 Å². The van der Waals surface area contributed by atoms with Crippen molar-refractivity contribution in [2.75, 3.05) is 0 Å². The second kappa shape index (κ2) is 8.57. The predicted octanol–water partition coefficient (Wildman–Crippen LogP) is 8.20. The van der Waals surface area contributed by atoms with Gasteiger partial charge in [-0.3, -0.25) is 0 Å². The summed E-state index contributed by atoms with van der Waals surface area (Å²) >= 11 is 0. The molecule has 3 nitrogen and oxygen atoms in total. The SMILES string of the molecule is CCC1(CC)CCc2ccc(C#N)c3c(-c4ccccc4)c(-c4ccccc4)n4c5ccccc5[n+]1c4c23. The Kier molecular flexibility index (Phi) is 5.13. The van der Waals surface area contributed by atoms with E-state index in [1.165, 1.54) is 27.6 Å². The molecule has 4 aromatic carbocycles. The molecule has 0 spiro atoms. The molecule has 0 atom stereocenters. The average molecular weight is 493 g/mol. The Morgan fingerprint density at radius 3 is 2.13 bits per heavy atom. The van der Waals surface area contributed by atoms with Gasteiger partial charge in [-0.05, 0) is 55.0 Å². The van der Waals surface area contributed by atoms with Gasteiger partial charge in [-0.2, -0.15) is 9.66 Å². The molecule has 184 valence electrons. The molecule has 1 aliphatic rings. The molecule has 0 N–H and O–H groups in total. The van der Waals surface area contributed by atoms with Crippen LogP contribution < -0.4 is 4.57 Å². The molecule has 3 heteroatoms. The van der Waals surface area contributed by atoms with Crippen LogP contribution in [-0.2, 0) is 12.0 Å². The third-order valence-electron chi connectivity index (χ3n) is 8.89. The molecule has 0 fully saturated rings. The number of aromatic nitrogens is 2. The number of nitriles is 1. The number of nitrogens with zero attached hydrogens (tertiary/aromatic N) is 3. The average Bonchev–Trinajstić information content (AvgIpc) is 3.25. The van der Waals surface area contributed by atoms with Crippen LogP contribution in [0.15, 0.2) is 97.1 Å². The number of benzene rings is 4. The molecule has 6 aromatic rings. The molecular formula is C35H30N3+. The zero-order valence-electron chi connectivity index (χ0n) is 21.9. The minimum atomic E-state index is -0.00463. The minimum Gasteiger partial charge on any atom is -0.217 e. The first-order chi connectivity index (χ1) is 18.7. The molecule has 7 rings (SSSR count). The van der Waals surface area contributed by atoms with Crippen molar-refractivity contribution in [3.63, 3.8) is 0 Å². The van der Waals surface area contributed by atoms with E-state index in [2.05, 4.69) is 120 Å². The first kappa shape index (κ1) is 22.8. The Labute approximate surface area is 223 Å². The first-order valence-electron chi connectivity index (χ1n) is 13.7. The smallest absolute Gasteiger partial charge is 0.217 e. The fraction of sp³-hybridized carbons (Fsp3) is 0.200. The summed E-state index contributed by atoms with van der Waals surface area (Å²) in [6.45, 7) is 4.66. The number of fused-ring (bicyclic) bond motifs is 3. The lowest BCUT2D eigenvalue weighted by Gasteiger charge is -2.28. The number of rotatable bonds is 4. The van der Waals surface area contributed by atoms with Gasteiger partial charge in [-0.1, -0.05) is 92.7 Å². The molecular weight excluding hydrogens is 462 g/mol. The largest absolute Gasteiger partial charge is 0.296 e. The topological polar surface area (TPSA) is 32.1 Å². The normalized spacial score (nSPS) is 14.2. The van der Waals surface area contributed by atoms with Crippen molar-refractivity contribution in [2.24, 2.45) is 0 Å². The Balaban J connectivity index is 1.89. The molecule has 0 bridgehead atoms. The number of aryl methyl sites for hydroxylation is 1. The van der Waals surface area contributed by atoms with Gasteiger partial charge in [0.05, 0.1) is 17.0 Å². The van der Waals surface area contributed by atoms with Gasteiger partial charge < -0.3 is 0 Å². The predicted molar refractivity (Wildman–Crippen MR) is 155 cm³/mol. The maximum absolute atomic E-state index is 10.5.